The maximum absolute atomic E-state index is 5.54. The molecule has 0 unspecified atom stereocenters. The third-order valence-corrected chi connectivity index (χ3v) is 2.76. The Bertz CT molecular complexity index is 442. The third kappa shape index (κ3) is 2.63. The van der Waals surface area contributed by atoms with Crippen LogP contribution in [-0.4, -0.2) is 10.2 Å². The van der Waals surface area contributed by atoms with E-state index in [1.54, 1.807) is 0 Å². The Morgan fingerprint density at radius 1 is 1.12 bits per heavy atom. The van der Waals surface area contributed by atoms with Crippen LogP contribution in [0.2, 0.25) is 0 Å². The SMILES string of the molecule is CCc1ccc(CCc2cc(N)n[nH]2)cc1. The molecule has 0 bridgehead atoms. The van der Waals surface area contributed by atoms with Crippen molar-refractivity contribution in [3.05, 3.63) is 47.2 Å². The van der Waals surface area contributed by atoms with Crippen LogP contribution in [0.1, 0.15) is 23.7 Å². The van der Waals surface area contributed by atoms with Crippen molar-refractivity contribution >= 4 is 5.82 Å². The molecule has 0 aliphatic rings. The number of aryl methyl sites for hydroxylation is 3. The summed E-state index contributed by atoms with van der Waals surface area (Å²) in [5.74, 6) is 0.566. The molecule has 16 heavy (non-hydrogen) atoms. The summed E-state index contributed by atoms with van der Waals surface area (Å²) in [5, 5.41) is 6.83. The quantitative estimate of drug-likeness (QED) is 0.822. The average Bonchev–Trinajstić information content (AvgIpc) is 2.73. The Labute approximate surface area is 95.7 Å². The molecule has 1 heterocycles. The minimum Gasteiger partial charge on any atom is -0.382 e. The van der Waals surface area contributed by atoms with Crippen LogP contribution in [-0.2, 0) is 19.3 Å². The molecule has 0 radical (unpaired) electrons. The van der Waals surface area contributed by atoms with Crippen molar-refractivity contribution in [1.29, 1.82) is 0 Å². The summed E-state index contributed by atoms with van der Waals surface area (Å²) in [7, 11) is 0. The number of aromatic amines is 1. The molecule has 3 heteroatoms. The zero-order valence-corrected chi connectivity index (χ0v) is 9.53. The van der Waals surface area contributed by atoms with E-state index in [-0.39, 0.29) is 0 Å². The molecule has 84 valence electrons. The number of nitrogens with zero attached hydrogens (tertiary/aromatic N) is 1. The van der Waals surface area contributed by atoms with Crippen molar-refractivity contribution < 1.29 is 0 Å². The average molecular weight is 215 g/mol. The first-order valence-electron chi connectivity index (χ1n) is 5.65. The molecule has 0 saturated heterocycles. The highest BCUT2D eigenvalue weighted by atomic mass is 15.1. The van der Waals surface area contributed by atoms with E-state index >= 15 is 0 Å². The zero-order valence-electron chi connectivity index (χ0n) is 9.53. The number of nitrogen functional groups attached to an aromatic ring is 1. The summed E-state index contributed by atoms with van der Waals surface area (Å²) in [6.07, 6.45) is 3.07. The summed E-state index contributed by atoms with van der Waals surface area (Å²) >= 11 is 0. The van der Waals surface area contributed by atoms with E-state index in [1.807, 2.05) is 6.07 Å². The first-order chi connectivity index (χ1) is 7.78. The fraction of sp³-hybridized carbons (Fsp3) is 0.308. The second kappa shape index (κ2) is 4.84. The Morgan fingerprint density at radius 2 is 1.81 bits per heavy atom. The Kier molecular flexibility index (Phi) is 3.25. The second-order valence-electron chi connectivity index (χ2n) is 3.99. The number of H-pyrrole nitrogens is 1. The number of hydrogen-bond acceptors (Lipinski definition) is 2. The second-order valence-corrected chi connectivity index (χ2v) is 3.99. The Morgan fingerprint density at radius 3 is 2.38 bits per heavy atom. The maximum Gasteiger partial charge on any atom is 0.145 e. The normalized spacial score (nSPS) is 10.6. The Balaban J connectivity index is 1.94. The maximum atomic E-state index is 5.54. The van der Waals surface area contributed by atoms with E-state index in [9.17, 15) is 0 Å². The predicted molar refractivity (Wildman–Crippen MR) is 66.2 cm³/mol. The zero-order chi connectivity index (χ0) is 11.4. The van der Waals surface area contributed by atoms with Crippen LogP contribution in [0.25, 0.3) is 0 Å². The number of nitrogens with two attached hydrogens (primary N) is 1. The molecule has 1 aromatic heterocycles. The van der Waals surface area contributed by atoms with Crippen molar-refractivity contribution in [3.8, 4) is 0 Å². The molecule has 2 rings (SSSR count). The molecule has 1 aromatic carbocycles. The lowest BCUT2D eigenvalue weighted by atomic mass is 10.1. The van der Waals surface area contributed by atoms with Gasteiger partial charge in [0.15, 0.2) is 0 Å². The fourth-order valence-corrected chi connectivity index (χ4v) is 1.73. The predicted octanol–water partition coefficient (Wildman–Crippen LogP) is 2.34. The molecule has 0 aliphatic heterocycles. The summed E-state index contributed by atoms with van der Waals surface area (Å²) < 4.78 is 0. The van der Waals surface area contributed by atoms with Crippen molar-refractivity contribution in [2.24, 2.45) is 0 Å². The lowest BCUT2D eigenvalue weighted by molar-refractivity contribution is 0.892. The van der Waals surface area contributed by atoms with Crippen molar-refractivity contribution in [3.63, 3.8) is 0 Å². The highest BCUT2D eigenvalue weighted by Gasteiger charge is 1.99. The van der Waals surface area contributed by atoms with Gasteiger partial charge in [-0.1, -0.05) is 31.2 Å². The van der Waals surface area contributed by atoms with E-state index in [0.717, 1.165) is 25.0 Å². The van der Waals surface area contributed by atoms with Gasteiger partial charge in [-0.3, -0.25) is 5.10 Å². The number of anilines is 1. The molecule has 0 saturated carbocycles. The summed E-state index contributed by atoms with van der Waals surface area (Å²) in [4.78, 5) is 0. The minimum atomic E-state index is 0.566. The van der Waals surface area contributed by atoms with E-state index in [4.69, 9.17) is 5.73 Å². The van der Waals surface area contributed by atoms with Gasteiger partial charge in [-0.2, -0.15) is 5.10 Å². The smallest absolute Gasteiger partial charge is 0.145 e. The molecular formula is C13H17N3. The monoisotopic (exact) mass is 215 g/mol. The van der Waals surface area contributed by atoms with Gasteiger partial charge in [0.05, 0.1) is 0 Å². The molecule has 0 atom stereocenters. The van der Waals surface area contributed by atoms with Gasteiger partial charge in [-0.25, -0.2) is 0 Å². The highest BCUT2D eigenvalue weighted by Crippen LogP contribution is 2.09. The number of nitrogens with one attached hydrogen (secondary N) is 1. The highest BCUT2D eigenvalue weighted by molar-refractivity contribution is 5.29. The van der Waals surface area contributed by atoms with Gasteiger partial charge in [0.2, 0.25) is 0 Å². The molecule has 2 aromatic rings. The fourth-order valence-electron chi connectivity index (χ4n) is 1.73. The van der Waals surface area contributed by atoms with Crippen molar-refractivity contribution in [2.75, 3.05) is 5.73 Å². The Hall–Kier alpha value is -1.77. The van der Waals surface area contributed by atoms with Crippen LogP contribution in [0.15, 0.2) is 30.3 Å². The van der Waals surface area contributed by atoms with E-state index < -0.39 is 0 Å². The molecule has 3 nitrogen and oxygen atoms in total. The van der Waals surface area contributed by atoms with Gasteiger partial charge in [0, 0.05) is 11.8 Å². The van der Waals surface area contributed by atoms with Gasteiger partial charge in [-0.05, 0) is 30.4 Å². The number of rotatable bonds is 4. The first kappa shape index (κ1) is 10.7. The van der Waals surface area contributed by atoms with Gasteiger partial charge in [-0.15, -0.1) is 0 Å². The molecular weight excluding hydrogens is 198 g/mol. The standard InChI is InChI=1S/C13H17N3/c1-2-10-3-5-11(6-4-10)7-8-12-9-13(14)16-15-12/h3-6,9H,2,7-8H2,1H3,(H3,14,15,16). The van der Waals surface area contributed by atoms with Crippen LogP contribution in [0.5, 0.6) is 0 Å². The number of hydrogen-bond donors (Lipinski definition) is 2. The van der Waals surface area contributed by atoms with E-state index in [2.05, 4.69) is 41.4 Å². The first-order valence-corrected chi connectivity index (χ1v) is 5.65. The largest absolute Gasteiger partial charge is 0.382 e. The van der Waals surface area contributed by atoms with Crippen LogP contribution >= 0.6 is 0 Å². The van der Waals surface area contributed by atoms with Crippen molar-refractivity contribution in [2.45, 2.75) is 26.2 Å². The van der Waals surface area contributed by atoms with Crippen LogP contribution in [0.3, 0.4) is 0 Å². The summed E-state index contributed by atoms with van der Waals surface area (Å²) in [5.41, 5.74) is 9.37. The molecule has 0 aliphatic carbocycles. The van der Waals surface area contributed by atoms with Crippen LogP contribution < -0.4 is 5.73 Å². The molecule has 3 N–H and O–H groups in total. The van der Waals surface area contributed by atoms with Crippen LogP contribution in [0.4, 0.5) is 5.82 Å². The molecule has 0 spiro atoms. The molecule has 0 fully saturated rings. The number of aromatic nitrogens is 2. The van der Waals surface area contributed by atoms with Gasteiger partial charge in [0.1, 0.15) is 5.82 Å². The van der Waals surface area contributed by atoms with Gasteiger partial charge in [0.25, 0.3) is 0 Å². The van der Waals surface area contributed by atoms with Gasteiger partial charge < -0.3 is 5.73 Å². The lowest BCUT2D eigenvalue weighted by Gasteiger charge is -2.01. The number of benzene rings is 1. The van der Waals surface area contributed by atoms with Crippen molar-refractivity contribution in [1.82, 2.24) is 10.2 Å². The van der Waals surface area contributed by atoms with E-state index in [0.29, 0.717) is 5.82 Å². The topological polar surface area (TPSA) is 54.7 Å². The van der Waals surface area contributed by atoms with E-state index in [1.165, 1.54) is 11.1 Å². The van der Waals surface area contributed by atoms with Crippen LogP contribution in [0, 0.1) is 0 Å². The lowest BCUT2D eigenvalue weighted by Crippen LogP contribution is -1.92. The summed E-state index contributed by atoms with van der Waals surface area (Å²) in [6.45, 7) is 2.17. The van der Waals surface area contributed by atoms with Gasteiger partial charge >= 0.3 is 0 Å². The minimum absolute atomic E-state index is 0.566. The molecule has 0 amide bonds. The third-order valence-electron chi connectivity index (χ3n) is 2.76. The summed E-state index contributed by atoms with van der Waals surface area (Å²) in [6, 6.07) is 10.7.